The van der Waals surface area contributed by atoms with E-state index in [9.17, 15) is 4.79 Å². The fourth-order valence-electron chi connectivity index (χ4n) is 5.42. The van der Waals surface area contributed by atoms with Crippen LogP contribution < -0.4 is 15.0 Å². The van der Waals surface area contributed by atoms with Crippen molar-refractivity contribution in [2.45, 2.75) is 26.2 Å². The quantitative estimate of drug-likeness (QED) is 0.340. The molecule has 0 aliphatic carbocycles. The molecule has 40 heavy (non-hydrogen) atoms. The fourth-order valence-corrected chi connectivity index (χ4v) is 5.42. The van der Waals surface area contributed by atoms with Crippen molar-refractivity contribution in [1.82, 2.24) is 24.8 Å². The van der Waals surface area contributed by atoms with Gasteiger partial charge in [0.05, 0.1) is 0 Å². The SMILES string of the molecule is Cc1cc2c(F)c(Oc3ncnc(Nc4ccc(N5CCN(C)CC5)cc4)c3C(=O)N3CCCCC3)ccc2[nH]1. The molecule has 0 radical (unpaired) electrons. The van der Waals surface area contributed by atoms with Crippen LogP contribution in [0.4, 0.5) is 21.6 Å². The van der Waals surface area contributed by atoms with Gasteiger partial charge in [0, 0.05) is 67.2 Å². The van der Waals surface area contributed by atoms with Crippen molar-refractivity contribution in [3.63, 3.8) is 0 Å². The number of likely N-dealkylation sites (tertiary alicyclic amines) is 1. The minimum atomic E-state index is -0.508. The van der Waals surface area contributed by atoms with E-state index in [1.165, 1.54) is 6.33 Å². The average Bonchev–Trinajstić information content (AvgIpc) is 3.37. The molecule has 6 rings (SSSR count). The van der Waals surface area contributed by atoms with E-state index < -0.39 is 5.82 Å². The number of hydrogen-bond acceptors (Lipinski definition) is 7. The van der Waals surface area contributed by atoms with Gasteiger partial charge in [-0.2, -0.15) is 0 Å². The molecule has 10 heteroatoms. The number of halogens is 1. The van der Waals surface area contributed by atoms with Crippen molar-refractivity contribution < 1.29 is 13.9 Å². The molecule has 4 aromatic rings. The Kier molecular flexibility index (Phi) is 7.25. The first kappa shape index (κ1) is 26.1. The standard InChI is InChI=1S/C30H34FN7O2/c1-20-18-23-24(34-20)10-11-25(27(23)31)40-29-26(30(39)38-12-4-3-5-13-38)28(32-19-33-29)35-21-6-8-22(9-7-21)37-16-14-36(2)15-17-37/h6-11,18-19,34H,3-5,12-17H2,1-2H3,(H,32,33,35). The van der Waals surface area contributed by atoms with Crippen molar-refractivity contribution in [3.8, 4) is 11.6 Å². The van der Waals surface area contributed by atoms with E-state index in [1.807, 2.05) is 19.1 Å². The molecule has 2 aromatic heterocycles. The number of aromatic nitrogens is 3. The van der Waals surface area contributed by atoms with Crippen molar-refractivity contribution in [1.29, 1.82) is 0 Å². The second kappa shape index (κ2) is 11.1. The Bertz CT molecular complexity index is 1510. The maximum atomic E-state index is 15.4. The molecule has 208 valence electrons. The summed E-state index contributed by atoms with van der Waals surface area (Å²) in [6.07, 6.45) is 4.29. The second-order valence-electron chi connectivity index (χ2n) is 10.6. The van der Waals surface area contributed by atoms with Crippen LogP contribution in [-0.2, 0) is 0 Å². The summed E-state index contributed by atoms with van der Waals surface area (Å²) in [6, 6.07) is 13.1. The van der Waals surface area contributed by atoms with E-state index in [2.05, 4.69) is 49.2 Å². The topological polar surface area (TPSA) is 89.6 Å². The second-order valence-corrected chi connectivity index (χ2v) is 10.6. The highest BCUT2D eigenvalue weighted by molar-refractivity contribution is 6.01. The average molecular weight is 544 g/mol. The van der Waals surface area contributed by atoms with Crippen molar-refractivity contribution in [3.05, 3.63) is 65.9 Å². The van der Waals surface area contributed by atoms with Gasteiger partial charge in [-0.1, -0.05) is 0 Å². The number of amides is 1. The number of nitrogens with one attached hydrogen (secondary N) is 2. The third kappa shape index (κ3) is 5.31. The molecule has 1 amide bonds. The number of carbonyl (C=O) groups is 1. The summed E-state index contributed by atoms with van der Waals surface area (Å²) < 4.78 is 21.4. The van der Waals surface area contributed by atoms with E-state index in [0.717, 1.165) is 62.5 Å². The van der Waals surface area contributed by atoms with E-state index in [0.29, 0.717) is 29.8 Å². The molecule has 2 saturated heterocycles. The molecule has 0 atom stereocenters. The summed E-state index contributed by atoms with van der Waals surface area (Å²) in [4.78, 5) is 32.2. The van der Waals surface area contributed by atoms with Crippen LogP contribution in [0.5, 0.6) is 11.6 Å². The summed E-state index contributed by atoms with van der Waals surface area (Å²) in [7, 11) is 2.14. The minimum absolute atomic E-state index is 0.000346. The normalized spacial score (nSPS) is 16.4. The summed E-state index contributed by atoms with van der Waals surface area (Å²) >= 11 is 0. The Morgan fingerprint density at radius 1 is 0.975 bits per heavy atom. The fraction of sp³-hybridized carbons (Fsp3) is 0.367. The minimum Gasteiger partial charge on any atom is -0.435 e. The highest BCUT2D eigenvalue weighted by Gasteiger charge is 2.28. The Morgan fingerprint density at radius 3 is 2.48 bits per heavy atom. The molecule has 0 unspecified atom stereocenters. The van der Waals surface area contributed by atoms with Gasteiger partial charge < -0.3 is 29.7 Å². The van der Waals surface area contributed by atoms with Gasteiger partial charge in [-0.25, -0.2) is 14.4 Å². The summed E-state index contributed by atoms with van der Waals surface area (Å²) in [5, 5.41) is 3.72. The molecule has 9 nitrogen and oxygen atoms in total. The number of benzene rings is 2. The van der Waals surface area contributed by atoms with Crippen molar-refractivity contribution in [2.75, 3.05) is 56.5 Å². The zero-order valence-corrected chi connectivity index (χ0v) is 22.9. The number of rotatable bonds is 6. The van der Waals surface area contributed by atoms with Gasteiger partial charge in [-0.15, -0.1) is 0 Å². The van der Waals surface area contributed by atoms with Crippen LogP contribution in [-0.4, -0.2) is 77.0 Å². The molecule has 2 aliphatic rings. The first-order valence-electron chi connectivity index (χ1n) is 13.9. The van der Waals surface area contributed by atoms with Gasteiger partial charge in [-0.05, 0) is 75.7 Å². The lowest BCUT2D eigenvalue weighted by molar-refractivity contribution is 0.0721. The van der Waals surface area contributed by atoms with Crippen LogP contribution in [0, 0.1) is 12.7 Å². The molecular formula is C30H34FN7O2. The molecule has 4 heterocycles. The zero-order chi connectivity index (χ0) is 27.6. The monoisotopic (exact) mass is 543 g/mol. The lowest BCUT2D eigenvalue weighted by Crippen LogP contribution is -2.44. The van der Waals surface area contributed by atoms with E-state index in [4.69, 9.17) is 4.74 Å². The molecule has 2 aliphatic heterocycles. The van der Waals surface area contributed by atoms with Crippen LogP contribution in [0.25, 0.3) is 10.9 Å². The number of nitrogens with zero attached hydrogens (tertiary/aromatic N) is 5. The Hall–Kier alpha value is -4.18. The Balaban J connectivity index is 1.32. The summed E-state index contributed by atoms with van der Waals surface area (Å²) in [5.41, 5.74) is 3.65. The molecule has 2 N–H and O–H groups in total. The van der Waals surface area contributed by atoms with Gasteiger partial charge in [0.25, 0.3) is 5.91 Å². The highest BCUT2D eigenvalue weighted by Crippen LogP contribution is 2.34. The first-order valence-corrected chi connectivity index (χ1v) is 13.9. The van der Waals surface area contributed by atoms with Crippen LogP contribution in [0.1, 0.15) is 35.3 Å². The number of aryl methyl sites for hydroxylation is 1. The maximum absolute atomic E-state index is 15.4. The predicted molar refractivity (Wildman–Crippen MR) is 154 cm³/mol. The number of hydrogen-bond donors (Lipinski definition) is 2. The van der Waals surface area contributed by atoms with Crippen LogP contribution in [0.3, 0.4) is 0 Å². The van der Waals surface area contributed by atoms with Gasteiger partial charge in [-0.3, -0.25) is 4.79 Å². The molecular weight excluding hydrogens is 509 g/mol. The van der Waals surface area contributed by atoms with E-state index in [1.54, 1.807) is 23.1 Å². The number of likely N-dealkylation sites (N-methyl/N-ethyl adjacent to an activating group) is 1. The van der Waals surface area contributed by atoms with Crippen molar-refractivity contribution >= 4 is 34.0 Å². The summed E-state index contributed by atoms with van der Waals surface area (Å²) in [6.45, 7) is 7.19. The number of fused-ring (bicyclic) bond motifs is 1. The van der Waals surface area contributed by atoms with E-state index in [-0.39, 0.29) is 23.1 Å². The summed E-state index contributed by atoms with van der Waals surface area (Å²) in [5.74, 6) is -0.392. The number of piperidine rings is 1. The largest absolute Gasteiger partial charge is 0.435 e. The molecule has 2 aromatic carbocycles. The highest BCUT2D eigenvalue weighted by atomic mass is 19.1. The number of ether oxygens (including phenoxy) is 1. The van der Waals surface area contributed by atoms with Gasteiger partial charge in [0.1, 0.15) is 11.9 Å². The lowest BCUT2D eigenvalue weighted by atomic mass is 10.1. The molecule has 0 saturated carbocycles. The van der Waals surface area contributed by atoms with Gasteiger partial charge >= 0.3 is 0 Å². The van der Waals surface area contributed by atoms with Gasteiger partial charge in [0.2, 0.25) is 5.88 Å². The predicted octanol–water partition coefficient (Wildman–Crippen LogP) is 5.32. The van der Waals surface area contributed by atoms with E-state index >= 15 is 4.39 Å². The number of anilines is 3. The van der Waals surface area contributed by atoms with Crippen LogP contribution in [0.2, 0.25) is 0 Å². The third-order valence-corrected chi connectivity index (χ3v) is 7.71. The molecule has 0 bridgehead atoms. The molecule has 2 fully saturated rings. The van der Waals surface area contributed by atoms with Crippen LogP contribution in [0.15, 0.2) is 48.8 Å². The first-order chi connectivity index (χ1) is 19.5. The Morgan fingerprint density at radius 2 is 1.73 bits per heavy atom. The zero-order valence-electron chi connectivity index (χ0n) is 22.9. The van der Waals surface area contributed by atoms with Crippen LogP contribution >= 0.6 is 0 Å². The lowest BCUT2D eigenvalue weighted by Gasteiger charge is -2.34. The van der Waals surface area contributed by atoms with Crippen molar-refractivity contribution in [2.24, 2.45) is 0 Å². The smallest absolute Gasteiger partial charge is 0.263 e. The number of carbonyl (C=O) groups excluding carboxylic acids is 1. The number of aromatic amines is 1. The number of piperazine rings is 1. The van der Waals surface area contributed by atoms with Gasteiger partial charge in [0.15, 0.2) is 17.4 Å². The Labute approximate surface area is 233 Å². The maximum Gasteiger partial charge on any atom is 0.263 e. The number of H-pyrrole nitrogens is 1. The molecule has 0 spiro atoms. The third-order valence-electron chi connectivity index (χ3n) is 7.71.